The lowest BCUT2D eigenvalue weighted by Crippen LogP contribution is -2.40. The highest BCUT2D eigenvalue weighted by molar-refractivity contribution is 9.10. The first-order valence-corrected chi connectivity index (χ1v) is 6.44. The Labute approximate surface area is 124 Å². The summed E-state index contributed by atoms with van der Waals surface area (Å²) in [5.41, 5.74) is 0.396. The van der Waals surface area contributed by atoms with Gasteiger partial charge in [0, 0.05) is 29.5 Å². The van der Waals surface area contributed by atoms with Crippen LogP contribution in [0.25, 0.3) is 0 Å². The van der Waals surface area contributed by atoms with Crippen LogP contribution in [0.4, 0.5) is 8.78 Å². The molecule has 7 heteroatoms. The van der Waals surface area contributed by atoms with Crippen LogP contribution >= 0.6 is 28.3 Å². The summed E-state index contributed by atoms with van der Waals surface area (Å²) < 4.78 is 27.1. The third-order valence-corrected chi connectivity index (χ3v) is 3.35. The smallest absolute Gasteiger partial charge is 0.237 e. The zero-order chi connectivity index (χ0) is 13.1. The molecule has 1 aliphatic rings. The molecule has 0 spiro atoms. The third kappa shape index (κ3) is 4.40. The summed E-state index contributed by atoms with van der Waals surface area (Å²) >= 11 is 3.24. The summed E-state index contributed by atoms with van der Waals surface area (Å²) in [5.74, 6) is -0.671. The molecule has 0 aliphatic carbocycles. The lowest BCUT2D eigenvalue weighted by molar-refractivity contribution is -0.123. The molecule has 3 nitrogen and oxygen atoms in total. The monoisotopic (exact) mass is 354 g/mol. The van der Waals surface area contributed by atoms with Crippen molar-refractivity contribution in [2.24, 2.45) is 0 Å². The van der Waals surface area contributed by atoms with Gasteiger partial charge in [-0.3, -0.25) is 4.79 Å². The Morgan fingerprint density at radius 1 is 1.53 bits per heavy atom. The molecule has 19 heavy (non-hydrogen) atoms. The number of benzene rings is 1. The Morgan fingerprint density at radius 3 is 2.89 bits per heavy atom. The molecule has 2 atom stereocenters. The maximum absolute atomic E-state index is 13.4. The van der Waals surface area contributed by atoms with Crippen LogP contribution in [-0.2, 0) is 11.3 Å². The fourth-order valence-corrected chi connectivity index (χ4v) is 2.29. The molecule has 1 aromatic carbocycles. The molecule has 0 radical (unpaired) electrons. The molecule has 0 unspecified atom stereocenters. The Hall–Kier alpha value is -0.720. The minimum atomic E-state index is -0.983. The van der Waals surface area contributed by atoms with Crippen molar-refractivity contribution in [2.75, 3.05) is 6.54 Å². The fraction of sp³-hybridized carbons (Fsp3) is 0.417. The standard InChI is InChI=1S/C12H13BrF2N2O.ClH/c13-8-1-2-10(15)7(3-8)5-17-12(18)11-4-9(14)6-16-11;/h1-3,9,11,16H,4-6H2,(H,17,18);1H/t9-,11+;/m0./s1. The van der Waals surface area contributed by atoms with E-state index in [-0.39, 0.29) is 43.6 Å². The van der Waals surface area contributed by atoms with Crippen LogP contribution in [0.2, 0.25) is 0 Å². The number of rotatable bonds is 3. The van der Waals surface area contributed by atoms with E-state index in [1.807, 2.05) is 0 Å². The van der Waals surface area contributed by atoms with Crippen LogP contribution in [-0.4, -0.2) is 24.7 Å². The van der Waals surface area contributed by atoms with E-state index in [9.17, 15) is 13.6 Å². The minimum absolute atomic E-state index is 0. The van der Waals surface area contributed by atoms with Gasteiger partial charge in [0.1, 0.15) is 12.0 Å². The average Bonchev–Trinajstić information content (AvgIpc) is 2.77. The molecule has 0 aromatic heterocycles. The number of nitrogens with one attached hydrogen (secondary N) is 2. The molecule has 0 saturated carbocycles. The van der Waals surface area contributed by atoms with Gasteiger partial charge in [-0.05, 0) is 18.2 Å². The largest absolute Gasteiger partial charge is 0.351 e. The lowest BCUT2D eigenvalue weighted by Gasteiger charge is -2.11. The van der Waals surface area contributed by atoms with Gasteiger partial charge < -0.3 is 10.6 Å². The molecular weight excluding hydrogens is 341 g/mol. The van der Waals surface area contributed by atoms with E-state index in [0.717, 1.165) is 4.47 Å². The zero-order valence-electron chi connectivity index (χ0n) is 9.96. The van der Waals surface area contributed by atoms with E-state index in [4.69, 9.17) is 0 Å². The van der Waals surface area contributed by atoms with E-state index >= 15 is 0 Å². The quantitative estimate of drug-likeness (QED) is 0.874. The summed E-state index contributed by atoms with van der Waals surface area (Å²) in [5, 5.41) is 5.38. The van der Waals surface area contributed by atoms with Crippen molar-refractivity contribution in [2.45, 2.75) is 25.2 Å². The van der Waals surface area contributed by atoms with Gasteiger partial charge in [0.05, 0.1) is 6.04 Å². The molecule has 0 bridgehead atoms. The van der Waals surface area contributed by atoms with Crippen molar-refractivity contribution in [1.29, 1.82) is 0 Å². The second-order valence-corrected chi connectivity index (χ2v) is 5.16. The maximum atomic E-state index is 13.4. The van der Waals surface area contributed by atoms with E-state index in [2.05, 4.69) is 26.6 Å². The second-order valence-electron chi connectivity index (χ2n) is 4.25. The Bertz CT molecular complexity index is 461. The summed E-state index contributed by atoms with van der Waals surface area (Å²) in [6.07, 6.45) is -0.810. The van der Waals surface area contributed by atoms with Crippen LogP contribution in [0.1, 0.15) is 12.0 Å². The van der Waals surface area contributed by atoms with Crippen molar-refractivity contribution in [3.8, 4) is 0 Å². The first-order chi connectivity index (χ1) is 8.56. The van der Waals surface area contributed by atoms with Gasteiger partial charge in [0.15, 0.2) is 0 Å². The predicted molar refractivity (Wildman–Crippen MR) is 74.5 cm³/mol. The summed E-state index contributed by atoms with van der Waals surface area (Å²) in [6.45, 7) is 0.294. The normalized spacial score (nSPS) is 21.8. The number of hydrogen-bond donors (Lipinski definition) is 2. The predicted octanol–water partition coefficient (Wildman–Crippen LogP) is 2.33. The fourth-order valence-electron chi connectivity index (χ4n) is 1.88. The molecule has 1 heterocycles. The number of halogens is 4. The van der Waals surface area contributed by atoms with Crippen molar-refractivity contribution in [3.05, 3.63) is 34.1 Å². The summed E-state index contributed by atoms with van der Waals surface area (Å²) in [7, 11) is 0. The lowest BCUT2D eigenvalue weighted by atomic mass is 10.2. The first kappa shape index (κ1) is 16.3. The van der Waals surface area contributed by atoms with Gasteiger partial charge in [-0.25, -0.2) is 8.78 Å². The molecule has 2 N–H and O–H groups in total. The van der Waals surface area contributed by atoms with E-state index in [1.165, 1.54) is 6.07 Å². The number of carbonyl (C=O) groups excluding carboxylic acids is 1. The highest BCUT2D eigenvalue weighted by Crippen LogP contribution is 2.16. The van der Waals surface area contributed by atoms with Gasteiger partial charge in [-0.15, -0.1) is 12.4 Å². The van der Waals surface area contributed by atoms with Gasteiger partial charge in [0.25, 0.3) is 0 Å². The van der Waals surface area contributed by atoms with Gasteiger partial charge >= 0.3 is 0 Å². The number of hydrogen-bond acceptors (Lipinski definition) is 2. The molecule has 1 aromatic rings. The van der Waals surface area contributed by atoms with Crippen molar-refractivity contribution in [3.63, 3.8) is 0 Å². The van der Waals surface area contributed by atoms with Crippen LogP contribution in [0, 0.1) is 5.82 Å². The molecule has 1 amide bonds. The molecule has 106 valence electrons. The average molecular weight is 356 g/mol. The molecule has 1 saturated heterocycles. The molecule has 1 fully saturated rings. The van der Waals surface area contributed by atoms with Gasteiger partial charge in [0.2, 0.25) is 5.91 Å². The molecule has 1 aliphatic heterocycles. The van der Waals surface area contributed by atoms with Crippen LogP contribution < -0.4 is 10.6 Å². The number of amides is 1. The topological polar surface area (TPSA) is 41.1 Å². The summed E-state index contributed by atoms with van der Waals surface area (Å²) in [4.78, 5) is 11.7. The minimum Gasteiger partial charge on any atom is -0.351 e. The Morgan fingerprint density at radius 2 is 2.26 bits per heavy atom. The summed E-state index contributed by atoms with van der Waals surface area (Å²) in [6, 6.07) is 4.01. The third-order valence-electron chi connectivity index (χ3n) is 2.85. The van der Waals surface area contributed by atoms with Crippen molar-refractivity contribution < 1.29 is 13.6 Å². The SMILES string of the molecule is Cl.O=C(NCc1cc(Br)ccc1F)[C@H]1C[C@H](F)CN1. The van der Waals surface area contributed by atoms with Gasteiger partial charge in [-0.2, -0.15) is 0 Å². The molecular formula is C12H14BrClF2N2O. The van der Waals surface area contributed by atoms with E-state index in [1.54, 1.807) is 12.1 Å². The molecule has 2 rings (SSSR count). The zero-order valence-corrected chi connectivity index (χ0v) is 12.4. The Balaban J connectivity index is 0.00000180. The Kier molecular flexibility index (Phi) is 6.16. The number of alkyl halides is 1. The maximum Gasteiger partial charge on any atom is 0.237 e. The van der Waals surface area contributed by atoms with Crippen molar-refractivity contribution >= 4 is 34.2 Å². The first-order valence-electron chi connectivity index (χ1n) is 5.65. The van der Waals surface area contributed by atoms with Crippen LogP contribution in [0.3, 0.4) is 0 Å². The van der Waals surface area contributed by atoms with Gasteiger partial charge in [-0.1, -0.05) is 15.9 Å². The number of carbonyl (C=O) groups is 1. The van der Waals surface area contributed by atoms with E-state index < -0.39 is 12.2 Å². The highest BCUT2D eigenvalue weighted by Gasteiger charge is 2.28. The van der Waals surface area contributed by atoms with Crippen molar-refractivity contribution in [1.82, 2.24) is 10.6 Å². The van der Waals surface area contributed by atoms with Crippen LogP contribution in [0.15, 0.2) is 22.7 Å². The second kappa shape index (κ2) is 7.17. The highest BCUT2D eigenvalue weighted by atomic mass is 79.9. The van der Waals surface area contributed by atoms with E-state index in [0.29, 0.717) is 5.56 Å². The van der Waals surface area contributed by atoms with Crippen LogP contribution in [0.5, 0.6) is 0 Å².